The van der Waals surface area contributed by atoms with Crippen LogP contribution in [0.2, 0.25) is 0 Å². The first-order valence-corrected chi connectivity index (χ1v) is 10.7. The predicted octanol–water partition coefficient (Wildman–Crippen LogP) is 5.05. The van der Waals surface area contributed by atoms with E-state index in [1.807, 2.05) is 54.8 Å². The van der Waals surface area contributed by atoms with Gasteiger partial charge in [-0.05, 0) is 53.2 Å². The number of amides is 1. The van der Waals surface area contributed by atoms with Crippen molar-refractivity contribution in [1.29, 1.82) is 0 Å². The number of aromatic nitrogens is 3. The fraction of sp³-hybridized carbons (Fsp3) is 0.0952. The largest absolute Gasteiger partial charge is 0.454 e. The maximum Gasteiger partial charge on any atom is 0.257 e. The van der Waals surface area contributed by atoms with Crippen molar-refractivity contribution in [2.24, 2.45) is 0 Å². The Kier molecular flexibility index (Phi) is 4.76. The summed E-state index contributed by atoms with van der Waals surface area (Å²) in [5.74, 6) is 1.77. The van der Waals surface area contributed by atoms with Crippen molar-refractivity contribution >= 4 is 39.0 Å². The van der Waals surface area contributed by atoms with Crippen LogP contribution in [0.1, 0.15) is 16.1 Å². The standard InChI is InChI=1S/C21H15BrN4O3S/c1-12-8-19(24-20(27)14-4-2-3-5-15(14)22)26(25-12)21-23-16(10-30-21)13-6-7-17-18(9-13)29-11-28-17/h2-10H,11H2,1H3,(H,24,27). The molecular formula is C21H15BrN4O3S. The summed E-state index contributed by atoms with van der Waals surface area (Å²) < 4.78 is 13.2. The quantitative estimate of drug-likeness (QED) is 0.440. The number of nitrogens with zero attached hydrogens (tertiary/aromatic N) is 3. The number of thiazole rings is 1. The number of benzene rings is 2. The van der Waals surface area contributed by atoms with E-state index in [1.54, 1.807) is 10.7 Å². The van der Waals surface area contributed by atoms with E-state index in [9.17, 15) is 4.79 Å². The highest BCUT2D eigenvalue weighted by atomic mass is 79.9. The Hall–Kier alpha value is -3.17. The Balaban J connectivity index is 1.45. The van der Waals surface area contributed by atoms with E-state index in [0.717, 1.165) is 27.2 Å². The first-order valence-electron chi connectivity index (χ1n) is 9.07. The number of carbonyl (C=O) groups excluding carboxylic acids is 1. The van der Waals surface area contributed by atoms with Crippen molar-refractivity contribution in [3.63, 3.8) is 0 Å². The normalized spacial score (nSPS) is 12.2. The van der Waals surface area contributed by atoms with E-state index in [-0.39, 0.29) is 12.7 Å². The molecule has 0 aliphatic carbocycles. The van der Waals surface area contributed by atoms with Crippen molar-refractivity contribution in [3.8, 4) is 27.9 Å². The highest BCUT2D eigenvalue weighted by Crippen LogP contribution is 2.36. The average molecular weight is 483 g/mol. The van der Waals surface area contributed by atoms with Gasteiger partial charge in [0.15, 0.2) is 11.5 Å². The van der Waals surface area contributed by atoms with Crippen LogP contribution in [-0.2, 0) is 0 Å². The molecule has 0 atom stereocenters. The Morgan fingerprint density at radius 3 is 2.87 bits per heavy atom. The molecule has 1 amide bonds. The summed E-state index contributed by atoms with van der Waals surface area (Å²) >= 11 is 4.86. The zero-order chi connectivity index (χ0) is 20.7. The van der Waals surface area contributed by atoms with E-state index in [4.69, 9.17) is 14.5 Å². The van der Waals surface area contributed by atoms with Gasteiger partial charge in [0.25, 0.3) is 5.91 Å². The van der Waals surface area contributed by atoms with E-state index < -0.39 is 0 Å². The van der Waals surface area contributed by atoms with E-state index in [1.165, 1.54) is 11.3 Å². The molecule has 4 aromatic rings. The number of rotatable bonds is 4. The number of halogens is 1. The first-order chi connectivity index (χ1) is 14.6. The topological polar surface area (TPSA) is 78.3 Å². The third kappa shape index (κ3) is 3.46. The molecule has 0 radical (unpaired) electrons. The molecule has 2 aromatic heterocycles. The van der Waals surface area contributed by atoms with Crippen molar-refractivity contribution < 1.29 is 14.3 Å². The van der Waals surface area contributed by atoms with Gasteiger partial charge in [-0.3, -0.25) is 4.79 Å². The molecule has 3 heterocycles. The van der Waals surface area contributed by atoms with Crippen LogP contribution in [0.15, 0.2) is 58.4 Å². The van der Waals surface area contributed by atoms with E-state index in [2.05, 4.69) is 26.3 Å². The lowest BCUT2D eigenvalue weighted by Crippen LogP contribution is -2.15. The highest BCUT2D eigenvalue weighted by Gasteiger charge is 2.18. The second kappa shape index (κ2) is 7.58. The summed E-state index contributed by atoms with van der Waals surface area (Å²) in [6.07, 6.45) is 0. The van der Waals surface area contributed by atoms with Gasteiger partial charge in [-0.15, -0.1) is 11.3 Å². The summed E-state index contributed by atoms with van der Waals surface area (Å²) in [6.45, 7) is 2.10. The summed E-state index contributed by atoms with van der Waals surface area (Å²) in [6, 6.07) is 14.8. The number of hydrogen-bond acceptors (Lipinski definition) is 6. The predicted molar refractivity (Wildman–Crippen MR) is 118 cm³/mol. The fourth-order valence-corrected chi connectivity index (χ4v) is 4.37. The summed E-state index contributed by atoms with van der Waals surface area (Å²) in [5, 5.41) is 10.0. The molecule has 7 nitrogen and oxygen atoms in total. The lowest BCUT2D eigenvalue weighted by molar-refractivity contribution is 0.102. The van der Waals surface area contributed by atoms with E-state index >= 15 is 0 Å². The van der Waals surface area contributed by atoms with Gasteiger partial charge in [0.05, 0.1) is 17.0 Å². The van der Waals surface area contributed by atoms with Gasteiger partial charge in [-0.1, -0.05) is 12.1 Å². The van der Waals surface area contributed by atoms with Crippen LogP contribution in [0, 0.1) is 6.92 Å². The Morgan fingerprint density at radius 1 is 1.17 bits per heavy atom. The Morgan fingerprint density at radius 2 is 2.00 bits per heavy atom. The molecule has 1 aliphatic rings. The lowest BCUT2D eigenvalue weighted by Gasteiger charge is -2.07. The minimum atomic E-state index is -0.226. The molecule has 0 saturated heterocycles. The second-order valence-electron chi connectivity index (χ2n) is 6.60. The molecule has 9 heteroatoms. The number of hydrogen-bond donors (Lipinski definition) is 1. The Labute approximate surface area is 184 Å². The summed E-state index contributed by atoms with van der Waals surface area (Å²) in [5.41, 5.74) is 3.04. The molecule has 0 spiro atoms. The number of carbonyl (C=O) groups is 1. The minimum absolute atomic E-state index is 0.226. The van der Waals surface area contributed by atoms with Crippen LogP contribution < -0.4 is 14.8 Å². The van der Waals surface area contributed by atoms with Gasteiger partial charge in [0.2, 0.25) is 11.9 Å². The van der Waals surface area contributed by atoms with Crippen molar-refractivity contribution in [1.82, 2.24) is 14.8 Å². The first kappa shape index (κ1) is 18.8. The van der Waals surface area contributed by atoms with Crippen LogP contribution in [0.3, 0.4) is 0 Å². The SMILES string of the molecule is Cc1cc(NC(=O)c2ccccc2Br)n(-c2nc(-c3ccc4c(c3)OCO4)cs2)n1. The molecule has 30 heavy (non-hydrogen) atoms. The molecule has 0 fully saturated rings. The van der Waals surface area contributed by atoms with Crippen molar-refractivity contribution in [3.05, 3.63) is 69.6 Å². The van der Waals surface area contributed by atoms with Crippen molar-refractivity contribution in [2.45, 2.75) is 6.92 Å². The molecule has 2 aromatic carbocycles. The molecule has 0 unspecified atom stereocenters. The third-order valence-electron chi connectivity index (χ3n) is 4.53. The molecule has 0 bridgehead atoms. The van der Waals surface area contributed by atoms with Gasteiger partial charge in [0, 0.05) is 21.5 Å². The number of fused-ring (bicyclic) bond motifs is 1. The van der Waals surface area contributed by atoms with Crippen LogP contribution in [-0.4, -0.2) is 27.5 Å². The highest BCUT2D eigenvalue weighted by molar-refractivity contribution is 9.10. The summed E-state index contributed by atoms with van der Waals surface area (Å²) in [4.78, 5) is 17.4. The number of ether oxygens (including phenoxy) is 2. The van der Waals surface area contributed by atoms with Crippen LogP contribution in [0.4, 0.5) is 5.82 Å². The molecule has 150 valence electrons. The third-order valence-corrected chi connectivity index (χ3v) is 6.04. The van der Waals surface area contributed by atoms with Crippen molar-refractivity contribution in [2.75, 3.05) is 12.1 Å². The maximum absolute atomic E-state index is 12.7. The molecule has 5 rings (SSSR count). The number of anilines is 1. The van der Waals surface area contributed by atoms with Gasteiger partial charge in [-0.2, -0.15) is 9.78 Å². The fourth-order valence-electron chi connectivity index (χ4n) is 3.11. The zero-order valence-electron chi connectivity index (χ0n) is 15.8. The van der Waals surface area contributed by atoms with Crippen LogP contribution in [0.5, 0.6) is 11.5 Å². The summed E-state index contributed by atoms with van der Waals surface area (Å²) in [7, 11) is 0. The monoisotopic (exact) mass is 482 g/mol. The maximum atomic E-state index is 12.7. The van der Waals surface area contributed by atoms with Crippen LogP contribution >= 0.6 is 27.3 Å². The van der Waals surface area contributed by atoms with E-state index in [0.29, 0.717) is 22.3 Å². The zero-order valence-corrected chi connectivity index (χ0v) is 18.2. The number of nitrogens with one attached hydrogen (secondary N) is 1. The molecular weight excluding hydrogens is 468 g/mol. The van der Waals surface area contributed by atoms with Gasteiger partial charge in [0.1, 0.15) is 5.82 Å². The lowest BCUT2D eigenvalue weighted by atomic mass is 10.1. The average Bonchev–Trinajstić information content (AvgIpc) is 3.47. The molecule has 0 saturated carbocycles. The molecule has 1 aliphatic heterocycles. The van der Waals surface area contributed by atoms with Crippen LogP contribution in [0.25, 0.3) is 16.4 Å². The van der Waals surface area contributed by atoms with Gasteiger partial charge >= 0.3 is 0 Å². The van der Waals surface area contributed by atoms with Gasteiger partial charge < -0.3 is 14.8 Å². The Bertz CT molecular complexity index is 1270. The smallest absolute Gasteiger partial charge is 0.257 e. The second-order valence-corrected chi connectivity index (χ2v) is 8.29. The minimum Gasteiger partial charge on any atom is -0.454 e. The number of aryl methyl sites for hydroxylation is 1. The molecule has 1 N–H and O–H groups in total. The van der Waals surface area contributed by atoms with Gasteiger partial charge in [-0.25, -0.2) is 4.98 Å².